The molecule has 0 spiro atoms. The van der Waals surface area contributed by atoms with Crippen LogP contribution in [0.15, 0.2) is 18.2 Å². The lowest BCUT2D eigenvalue weighted by Gasteiger charge is -2.20. The maximum absolute atomic E-state index is 12.2. The molecule has 0 aromatic heterocycles. The molecule has 19 heavy (non-hydrogen) atoms. The molecule has 0 aliphatic carbocycles. The first-order chi connectivity index (χ1) is 9.24. The number of benzene rings is 1. The van der Waals surface area contributed by atoms with Gasteiger partial charge in [-0.05, 0) is 30.7 Å². The quantitative estimate of drug-likeness (QED) is 0.827. The molecule has 1 saturated heterocycles. The lowest BCUT2D eigenvalue weighted by atomic mass is 10.1. The predicted molar refractivity (Wildman–Crippen MR) is 70.7 cm³/mol. The van der Waals surface area contributed by atoms with Gasteiger partial charge in [-0.3, -0.25) is 4.79 Å². The van der Waals surface area contributed by atoms with Crippen molar-refractivity contribution in [2.24, 2.45) is 5.92 Å². The van der Waals surface area contributed by atoms with Crippen LogP contribution in [0, 0.1) is 5.92 Å². The molecule has 2 N–H and O–H groups in total. The van der Waals surface area contributed by atoms with Gasteiger partial charge < -0.3 is 20.1 Å². The zero-order valence-electron chi connectivity index (χ0n) is 10.9. The van der Waals surface area contributed by atoms with E-state index < -0.39 is 0 Å². The summed E-state index contributed by atoms with van der Waals surface area (Å²) in [6, 6.07) is 5.51. The molecule has 2 heterocycles. The van der Waals surface area contributed by atoms with E-state index in [0.717, 1.165) is 13.1 Å². The molecular weight excluding hydrogens is 244 g/mol. The fourth-order valence-corrected chi connectivity index (χ4v) is 2.44. The summed E-state index contributed by atoms with van der Waals surface area (Å²) in [4.78, 5) is 12.2. The first kappa shape index (κ1) is 12.3. The van der Waals surface area contributed by atoms with Gasteiger partial charge in [0.05, 0.1) is 0 Å². The highest BCUT2D eigenvalue weighted by atomic mass is 16.6. The van der Waals surface area contributed by atoms with Crippen molar-refractivity contribution < 1.29 is 14.3 Å². The lowest BCUT2D eigenvalue weighted by Crippen LogP contribution is -2.39. The average Bonchev–Trinajstić information content (AvgIpc) is 2.84. The van der Waals surface area contributed by atoms with Crippen molar-refractivity contribution >= 4 is 5.91 Å². The van der Waals surface area contributed by atoms with Gasteiger partial charge in [-0.1, -0.05) is 6.92 Å². The molecule has 0 saturated carbocycles. The first-order valence-electron chi connectivity index (χ1n) is 6.65. The average molecular weight is 262 g/mol. The van der Waals surface area contributed by atoms with E-state index in [4.69, 9.17) is 9.47 Å². The Labute approximate surface area is 112 Å². The summed E-state index contributed by atoms with van der Waals surface area (Å²) in [6.45, 7) is 5.00. The van der Waals surface area contributed by atoms with Crippen LogP contribution in [-0.2, 0) is 0 Å². The van der Waals surface area contributed by atoms with Gasteiger partial charge in [-0.15, -0.1) is 0 Å². The van der Waals surface area contributed by atoms with Gasteiger partial charge in [-0.25, -0.2) is 0 Å². The van der Waals surface area contributed by atoms with Crippen molar-refractivity contribution in [2.75, 3.05) is 26.3 Å². The normalized spacial score (nSPS) is 25.1. The first-order valence-corrected chi connectivity index (χ1v) is 6.65. The predicted octanol–water partition coefficient (Wildman–Crippen LogP) is 0.795. The molecule has 1 amide bonds. The Morgan fingerprint density at radius 2 is 2.05 bits per heavy atom. The van der Waals surface area contributed by atoms with E-state index in [1.54, 1.807) is 18.2 Å². The molecule has 2 aliphatic rings. The van der Waals surface area contributed by atoms with Crippen LogP contribution in [0.1, 0.15) is 17.3 Å². The Bertz CT molecular complexity index is 490. The molecule has 1 aromatic rings. The molecule has 1 aromatic carbocycles. The summed E-state index contributed by atoms with van der Waals surface area (Å²) in [5.41, 5.74) is 0.614. The maximum Gasteiger partial charge on any atom is 0.251 e. The van der Waals surface area contributed by atoms with Crippen LogP contribution in [0.5, 0.6) is 11.5 Å². The number of carbonyl (C=O) groups is 1. The van der Waals surface area contributed by atoms with Gasteiger partial charge in [0.25, 0.3) is 5.91 Å². The van der Waals surface area contributed by atoms with Crippen LogP contribution < -0.4 is 20.1 Å². The monoisotopic (exact) mass is 262 g/mol. The van der Waals surface area contributed by atoms with Crippen molar-refractivity contribution in [1.82, 2.24) is 10.6 Å². The van der Waals surface area contributed by atoms with Gasteiger partial charge in [-0.2, -0.15) is 0 Å². The summed E-state index contributed by atoms with van der Waals surface area (Å²) < 4.78 is 10.9. The van der Waals surface area contributed by atoms with E-state index in [1.165, 1.54) is 0 Å². The molecule has 2 unspecified atom stereocenters. The minimum atomic E-state index is -0.0578. The second kappa shape index (κ2) is 5.09. The van der Waals surface area contributed by atoms with Crippen LogP contribution in [-0.4, -0.2) is 38.3 Å². The molecule has 1 fully saturated rings. The summed E-state index contributed by atoms with van der Waals surface area (Å²) in [7, 11) is 0. The largest absolute Gasteiger partial charge is 0.486 e. The molecule has 2 aliphatic heterocycles. The number of rotatable bonds is 2. The highest BCUT2D eigenvalue weighted by Crippen LogP contribution is 2.30. The van der Waals surface area contributed by atoms with Crippen molar-refractivity contribution in [3.8, 4) is 11.5 Å². The summed E-state index contributed by atoms with van der Waals surface area (Å²) in [5, 5.41) is 6.32. The summed E-state index contributed by atoms with van der Waals surface area (Å²) in [6.07, 6.45) is 0. The van der Waals surface area contributed by atoms with Crippen molar-refractivity contribution in [2.45, 2.75) is 13.0 Å². The third-order valence-electron chi connectivity index (χ3n) is 3.64. The minimum Gasteiger partial charge on any atom is -0.486 e. The minimum absolute atomic E-state index is 0.0578. The smallest absolute Gasteiger partial charge is 0.251 e. The van der Waals surface area contributed by atoms with E-state index in [1.807, 2.05) is 0 Å². The number of hydrogen-bond acceptors (Lipinski definition) is 4. The maximum atomic E-state index is 12.2. The van der Waals surface area contributed by atoms with Crippen molar-refractivity contribution in [1.29, 1.82) is 0 Å². The third kappa shape index (κ3) is 2.51. The van der Waals surface area contributed by atoms with Crippen LogP contribution in [0.2, 0.25) is 0 Å². The van der Waals surface area contributed by atoms with Crippen LogP contribution in [0.25, 0.3) is 0 Å². The topological polar surface area (TPSA) is 59.6 Å². The highest BCUT2D eigenvalue weighted by molar-refractivity contribution is 5.95. The Balaban J connectivity index is 1.72. The summed E-state index contributed by atoms with van der Waals surface area (Å²) in [5.74, 6) is 1.76. The van der Waals surface area contributed by atoms with Crippen LogP contribution in [0.3, 0.4) is 0 Å². The Morgan fingerprint density at radius 3 is 2.79 bits per heavy atom. The van der Waals surface area contributed by atoms with Crippen LogP contribution >= 0.6 is 0 Å². The number of nitrogens with one attached hydrogen (secondary N) is 2. The number of fused-ring (bicyclic) bond motifs is 1. The fraction of sp³-hybridized carbons (Fsp3) is 0.500. The SMILES string of the molecule is CC1CNCC1NC(=O)c1ccc2c(c1)OCCO2. The van der Waals surface area contributed by atoms with E-state index in [9.17, 15) is 4.79 Å². The number of ether oxygens (including phenoxy) is 2. The summed E-state index contributed by atoms with van der Waals surface area (Å²) >= 11 is 0. The Hall–Kier alpha value is -1.75. The second-order valence-electron chi connectivity index (χ2n) is 5.07. The van der Waals surface area contributed by atoms with Gasteiger partial charge >= 0.3 is 0 Å². The van der Waals surface area contributed by atoms with Gasteiger partial charge in [0.2, 0.25) is 0 Å². The zero-order chi connectivity index (χ0) is 13.2. The zero-order valence-corrected chi connectivity index (χ0v) is 10.9. The van der Waals surface area contributed by atoms with Gasteiger partial charge in [0, 0.05) is 18.2 Å². The third-order valence-corrected chi connectivity index (χ3v) is 3.64. The van der Waals surface area contributed by atoms with Gasteiger partial charge in [0.15, 0.2) is 11.5 Å². The van der Waals surface area contributed by atoms with E-state index in [0.29, 0.717) is 36.2 Å². The van der Waals surface area contributed by atoms with E-state index in [-0.39, 0.29) is 11.9 Å². The second-order valence-corrected chi connectivity index (χ2v) is 5.07. The molecule has 0 radical (unpaired) electrons. The molecule has 5 nitrogen and oxygen atoms in total. The standard InChI is InChI=1S/C14H18N2O3/c1-9-7-15-8-11(9)16-14(17)10-2-3-12-13(6-10)19-5-4-18-12/h2-3,6,9,11,15H,4-5,7-8H2,1H3,(H,16,17). The van der Waals surface area contributed by atoms with Crippen LogP contribution in [0.4, 0.5) is 0 Å². The van der Waals surface area contributed by atoms with Gasteiger partial charge in [0.1, 0.15) is 13.2 Å². The molecule has 2 atom stereocenters. The molecule has 5 heteroatoms. The Morgan fingerprint density at radius 1 is 1.26 bits per heavy atom. The molecule has 102 valence electrons. The number of amides is 1. The molecule has 0 bridgehead atoms. The highest BCUT2D eigenvalue weighted by Gasteiger charge is 2.25. The van der Waals surface area contributed by atoms with Crippen molar-refractivity contribution in [3.05, 3.63) is 23.8 Å². The number of hydrogen-bond donors (Lipinski definition) is 2. The fourth-order valence-electron chi connectivity index (χ4n) is 2.44. The lowest BCUT2D eigenvalue weighted by molar-refractivity contribution is 0.0931. The molecule has 3 rings (SSSR count). The van der Waals surface area contributed by atoms with Crippen molar-refractivity contribution in [3.63, 3.8) is 0 Å². The number of carbonyl (C=O) groups excluding carboxylic acids is 1. The Kier molecular flexibility index (Phi) is 3.29. The van der Waals surface area contributed by atoms with E-state index >= 15 is 0 Å². The molecular formula is C14H18N2O3. The van der Waals surface area contributed by atoms with E-state index in [2.05, 4.69) is 17.6 Å².